The summed E-state index contributed by atoms with van der Waals surface area (Å²) in [4.78, 5) is 0. The number of hydrogen-bond acceptors (Lipinski definition) is 2. The van der Waals surface area contributed by atoms with Crippen molar-refractivity contribution in [2.45, 2.75) is 62.5 Å². The van der Waals surface area contributed by atoms with E-state index in [9.17, 15) is 52.7 Å². The van der Waals surface area contributed by atoms with E-state index in [0.717, 1.165) is 33.4 Å². The van der Waals surface area contributed by atoms with Crippen molar-refractivity contribution < 1.29 is 52.7 Å². The highest BCUT2D eigenvalue weighted by molar-refractivity contribution is 7.80. The van der Waals surface area contributed by atoms with E-state index in [0.29, 0.717) is 49.9 Å². The fraction of sp³-hybridized carbons (Fsp3) is 0.278. The molecule has 0 heterocycles. The molecule has 0 unspecified atom stereocenters. The molecule has 4 nitrogen and oxygen atoms in total. The van der Waals surface area contributed by atoms with Gasteiger partial charge in [-0.3, -0.25) is 0 Å². The highest BCUT2D eigenvalue weighted by atomic mass is 32.1. The smallest absolute Gasteiger partial charge is 0.356 e. The lowest BCUT2D eigenvalue weighted by Gasteiger charge is -2.24. The van der Waals surface area contributed by atoms with Crippen molar-refractivity contribution in [2.75, 3.05) is 10.6 Å². The molecule has 286 valence electrons. The molecule has 4 N–H and O–H groups in total. The van der Waals surface area contributed by atoms with Crippen molar-refractivity contribution >= 4 is 46.0 Å². The first-order valence-electron chi connectivity index (χ1n) is 16.1. The molecule has 6 rings (SSSR count). The molecule has 4 aromatic carbocycles. The number of benzene rings is 4. The maximum atomic E-state index is 13.4. The second kappa shape index (κ2) is 14.2. The van der Waals surface area contributed by atoms with Gasteiger partial charge in [-0.25, -0.2) is 0 Å². The largest absolute Gasteiger partial charge is 0.416 e. The zero-order valence-corrected chi connectivity index (χ0v) is 28.9. The van der Waals surface area contributed by atoms with Crippen LogP contribution in [0.1, 0.15) is 69.4 Å². The summed E-state index contributed by atoms with van der Waals surface area (Å²) in [5.74, 6) is 0. The van der Waals surface area contributed by atoms with E-state index in [1.54, 1.807) is 0 Å². The molecule has 0 amide bonds. The molecule has 0 fully saturated rings. The van der Waals surface area contributed by atoms with Gasteiger partial charge in [0.15, 0.2) is 10.2 Å². The summed E-state index contributed by atoms with van der Waals surface area (Å²) in [5.41, 5.74) is -2.19. The fourth-order valence-corrected chi connectivity index (χ4v) is 7.36. The average molecular weight is 807 g/mol. The molecular weight excluding hydrogens is 781 g/mol. The van der Waals surface area contributed by atoms with Gasteiger partial charge < -0.3 is 21.3 Å². The van der Waals surface area contributed by atoms with Crippen molar-refractivity contribution in [3.05, 3.63) is 117 Å². The normalized spacial score (nSPS) is 17.1. The van der Waals surface area contributed by atoms with Crippen LogP contribution in [0.4, 0.5) is 64.1 Å². The molecular formula is C36H26F12N4S2. The van der Waals surface area contributed by atoms with E-state index in [1.165, 1.54) is 0 Å². The number of fused-ring (bicyclic) bond motifs is 2. The molecule has 0 aromatic heterocycles. The standard InChI is InChI=1S/C36H26F12N4S2/c37-33(38,39)19-11-20(34(40,41)42)14-23(13-19)49-31(53)51-27-9-7-17-3-1-5-25(29(17)27)26-6-2-4-18-8-10-28(30(18)26)52-32(54)50-24-15-21(35(43,44)45)12-22(16-24)36(46,47)48/h1-6,11-16,27-28H,7-10H2,(H2,49,51,53)(H2,50,52,54)/t27-,28-/m0/s1. The topological polar surface area (TPSA) is 48.1 Å². The summed E-state index contributed by atoms with van der Waals surface area (Å²) in [6, 6.07) is 12.2. The summed E-state index contributed by atoms with van der Waals surface area (Å²) >= 11 is 10.7. The lowest BCUT2D eigenvalue weighted by atomic mass is 9.89. The molecule has 2 atom stereocenters. The number of alkyl halides is 12. The van der Waals surface area contributed by atoms with Crippen LogP contribution in [-0.2, 0) is 37.5 Å². The molecule has 2 aliphatic carbocycles. The number of hydrogen-bond donors (Lipinski definition) is 4. The van der Waals surface area contributed by atoms with E-state index in [-0.39, 0.29) is 22.4 Å². The van der Waals surface area contributed by atoms with Crippen LogP contribution in [0.5, 0.6) is 0 Å². The highest BCUT2D eigenvalue weighted by Gasteiger charge is 2.39. The molecule has 0 bridgehead atoms. The number of halogens is 12. The van der Waals surface area contributed by atoms with Gasteiger partial charge in [0.25, 0.3) is 0 Å². The molecule has 54 heavy (non-hydrogen) atoms. The lowest BCUT2D eigenvalue weighted by molar-refractivity contribution is -0.144. The first-order chi connectivity index (χ1) is 25.1. The predicted molar refractivity (Wildman–Crippen MR) is 186 cm³/mol. The molecule has 0 radical (unpaired) electrons. The Morgan fingerprint density at radius 1 is 0.481 bits per heavy atom. The number of nitrogens with one attached hydrogen (secondary N) is 4. The zero-order valence-electron chi connectivity index (χ0n) is 27.3. The predicted octanol–water partition coefficient (Wildman–Crippen LogP) is 11.4. The Kier molecular flexibility index (Phi) is 10.3. The van der Waals surface area contributed by atoms with Gasteiger partial charge in [-0.05, 0) is 120 Å². The van der Waals surface area contributed by atoms with E-state index in [2.05, 4.69) is 21.3 Å². The third-order valence-corrected chi connectivity index (χ3v) is 9.53. The Labute approximate surface area is 310 Å². The van der Waals surface area contributed by atoms with Gasteiger partial charge in [-0.2, -0.15) is 52.7 Å². The maximum Gasteiger partial charge on any atom is 0.416 e. The minimum Gasteiger partial charge on any atom is -0.356 e. The summed E-state index contributed by atoms with van der Waals surface area (Å²) in [5, 5.41) is 10.6. The molecule has 0 aliphatic heterocycles. The highest BCUT2D eigenvalue weighted by Crippen LogP contribution is 2.45. The van der Waals surface area contributed by atoms with E-state index >= 15 is 0 Å². The summed E-state index contributed by atoms with van der Waals surface area (Å²) in [7, 11) is 0. The molecule has 0 saturated heterocycles. The zero-order chi connectivity index (χ0) is 39.4. The maximum absolute atomic E-state index is 13.4. The Morgan fingerprint density at radius 2 is 0.796 bits per heavy atom. The molecule has 0 spiro atoms. The Morgan fingerprint density at radius 3 is 1.09 bits per heavy atom. The van der Waals surface area contributed by atoms with Gasteiger partial charge in [-0.15, -0.1) is 0 Å². The quantitative estimate of drug-likeness (QED) is 0.119. The van der Waals surface area contributed by atoms with Gasteiger partial charge in [0.1, 0.15) is 0 Å². The van der Waals surface area contributed by atoms with Crippen LogP contribution in [0.15, 0.2) is 72.8 Å². The van der Waals surface area contributed by atoms with E-state index in [1.807, 2.05) is 36.4 Å². The van der Waals surface area contributed by atoms with Gasteiger partial charge in [0, 0.05) is 11.4 Å². The molecule has 18 heteroatoms. The van der Waals surface area contributed by atoms with Crippen LogP contribution >= 0.6 is 24.4 Å². The van der Waals surface area contributed by atoms with Gasteiger partial charge in [0.05, 0.1) is 34.3 Å². The monoisotopic (exact) mass is 806 g/mol. The Balaban J connectivity index is 1.25. The van der Waals surface area contributed by atoms with E-state index in [4.69, 9.17) is 24.4 Å². The Bertz CT molecular complexity index is 1890. The van der Waals surface area contributed by atoms with Crippen molar-refractivity contribution in [2.24, 2.45) is 0 Å². The van der Waals surface area contributed by atoms with Gasteiger partial charge in [0.2, 0.25) is 0 Å². The number of anilines is 2. The third-order valence-electron chi connectivity index (χ3n) is 9.09. The first kappa shape index (κ1) is 39.1. The van der Waals surface area contributed by atoms with Crippen LogP contribution in [0.2, 0.25) is 0 Å². The summed E-state index contributed by atoms with van der Waals surface area (Å²) < 4.78 is 161. The minimum atomic E-state index is -5.05. The van der Waals surface area contributed by atoms with Crippen LogP contribution in [0.25, 0.3) is 11.1 Å². The van der Waals surface area contributed by atoms with Crippen LogP contribution < -0.4 is 21.3 Å². The van der Waals surface area contributed by atoms with Crippen molar-refractivity contribution in [3.8, 4) is 11.1 Å². The summed E-state index contributed by atoms with van der Waals surface area (Å²) in [6.45, 7) is 0. The molecule has 2 aliphatic rings. The lowest BCUT2D eigenvalue weighted by Crippen LogP contribution is -2.32. The third kappa shape index (κ3) is 8.53. The van der Waals surface area contributed by atoms with Crippen molar-refractivity contribution in [1.82, 2.24) is 10.6 Å². The fourth-order valence-electron chi connectivity index (χ4n) is 6.84. The first-order valence-corrected chi connectivity index (χ1v) is 16.9. The van der Waals surface area contributed by atoms with Crippen LogP contribution in [-0.4, -0.2) is 10.2 Å². The number of rotatable bonds is 5. The SMILES string of the molecule is FC(F)(F)c1cc(NC(=S)N[C@H]2CCc3cccc(-c4cccc5c4[C@@H](NC(=S)Nc4cc(C(F)(F)F)cc(C(F)(F)F)c4)CC5)c32)cc(C(F)(F)F)c1. The second-order valence-corrected chi connectivity index (χ2v) is 13.5. The molecule has 4 aromatic rings. The van der Waals surface area contributed by atoms with Crippen molar-refractivity contribution in [1.29, 1.82) is 0 Å². The number of aryl methyl sites for hydroxylation is 2. The van der Waals surface area contributed by atoms with Crippen molar-refractivity contribution in [3.63, 3.8) is 0 Å². The minimum absolute atomic E-state index is 0.0133. The second-order valence-electron chi connectivity index (χ2n) is 12.7. The molecule has 0 saturated carbocycles. The average Bonchev–Trinajstić information content (AvgIpc) is 3.66. The number of thiocarbonyl (C=S) groups is 2. The Hall–Kier alpha value is -4.58. The van der Waals surface area contributed by atoms with Gasteiger partial charge >= 0.3 is 24.7 Å². The van der Waals surface area contributed by atoms with Gasteiger partial charge in [-0.1, -0.05) is 36.4 Å². The van der Waals surface area contributed by atoms with Crippen LogP contribution in [0.3, 0.4) is 0 Å². The van der Waals surface area contributed by atoms with Crippen LogP contribution in [0, 0.1) is 0 Å². The van der Waals surface area contributed by atoms with E-state index < -0.39 is 70.4 Å². The summed E-state index contributed by atoms with van der Waals surface area (Å²) in [6.07, 6.45) is -18.1.